The van der Waals surface area contributed by atoms with Gasteiger partial charge < -0.3 is 19.9 Å². The lowest BCUT2D eigenvalue weighted by Gasteiger charge is -2.40. The molecule has 214 valence electrons. The highest BCUT2D eigenvalue weighted by Crippen LogP contribution is 2.40. The summed E-state index contributed by atoms with van der Waals surface area (Å²) < 4.78 is 0. The third-order valence-electron chi connectivity index (χ3n) is 7.54. The molecule has 0 spiro atoms. The summed E-state index contributed by atoms with van der Waals surface area (Å²) in [6.07, 6.45) is 5.41. The fourth-order valence-electron chi connectivity index (χ4n) is 5.46. The Labute approximate surface area is 252 Å². The summed E-state index contributed by atoms with van der Waals surface area (Å²) in [5.41, 5.74) is 5.73. The molecule has 2 atom stereocenters. The van der Waals surface area contributed by atoms with Crippen LogP contribution in [0, 0.1) is 5.92 Å². The second kappa shape index (κ2) is 14.2. The number of fused-ring (bicyclic) bond motifs is 2. The van der Waals surface area contributed by atoms with Crippen molar-refractivity contribution in [3.8, 4) is 0 Å². The fraction of sp³-hybridized carbons (Fsp3) is 0.281. The average Bonchev–Trinajstić information content (AvgIpc) is 3.39. The SMILES string of the molecule is CCN(CC)C(=O)[C@@H]1C=C2c3cccc4[nH]cc(c34)C[C@H]2N(C)C1.Clc1cccc(Cl)c1.OB(O)c1ccccc1. The normalized spacial score (nSPS) is 17.3. The van der Waals surface area contributed by atoms with Gasteiger partial charge in [-0.25, -0.2) is 0 Å². The molecule has 4 aromatic rings. The highest BCUT2D eigenvalue weighted by Gasteiger charge is 2.36. The molecule has 2 aliphatic rings. The van der Waals surface area contributed by atoms with Crippen LogP contribution >= 0.6 is 23.2 Å². The first-order valence-corrected chi connectivity index (χ1v) is 14.6. The Hall–Kier alpha value is -3.07. The van der Waals surface area contributed by atoms with E-state index in [1.54, 1.807) is 42.5 Å². The molecule has 9 heteroatoms. The third-order valence-corrected chi connectivity index (χ3v) is 8.02. The number of carbonyl (C=O) groups is 1. The molecule has 0 saturated heterocycles. The number of aromatic amines is 1. The van der Waals surface area contributed by atoms with Gasteiger partial charge in [0.2, 0.25) is 5.91 Å². The Morgan fingerprint density at radius 1 is 1.00 bits per heavy atom. The minimum absolute atomic E-state index is 0.0445. The Kier molecular flexibility index (Phi) is 10.7. The van der Waals surface area contributed by atoms with Crippen molar-refractivity contribution in [3.05, 3.63) is 106 Å². The molecule has 1 aromatic heterocycles. The number of benzene rings is 3. The second-order valence-corrected chi connectivity index (χ2v) is 11.0. The van der Waals surface area contributed by atoms with Gasteiger partial charge in [-0.1, -0.05) is 77.8 Å². The molecule has 0 radical (unpaired) electrons. The maximum Gasteiger partial charge on any atom is 0.488 e. The van der Waals surface area contributed by atoms with Gasteiger partial charge in [0.25, 0.3) is 0 Å². The lowest BCUT2D eigenvalue weighted by molar-refractivity contribution is -0.134. The molecule has 0 unspecified atom stereocenters. The van der Waals surface area contributed by atoms with Crippen molar-refractivity contribution in [2.24, 2.45) is 5.92 Å². The number of hydrogen-bond donors (Lipinski definition) is 3. The monoisotopic (exact) mass is 591 g/mol. The number of amides is 1. The number of likely N-dealkylation sites (N-methyl/N-ethyl adjacent to an activating group) is 1. The summed E-state index contributed by atoms with van der Waals surface area (Å²) in [4.78, 5) is 20.6. The number of rotatable bonds is 4. The van der Waals surface area contributed by atoms with E-state index in [0.29, 0.717) is 21.5 Å². The molecule has 0 fully saturated rings. The van der Waals surface area contributed by atoms with E-state index in [1.165, 1.54) is 27.6 Å². The Balaban J connectivity index is 0.000000186. The zero-order valence-corrected chi connectivity index (χ0v) is 25.1. The van der Waals surface area contributed by atoms with Crippen LogP contribution in [0.5, 0.6) is 0 Å². The minimum atomic E-state index is -1.34. The first-order valence-electron chi connectivity index (χ1n) is 13.9. The summed E-state index contributed by atoms with van der Waals surface area (Å²) >= 11 is 11.1. The summed E-state index contributed by atoms with van der Waals surface area (Å²) in [5, 5.41) is 19.9. The number of nitrogens with one attached hydrogen (secondary N) is 1. The van der Waals surface area contributed by atoms with Gasteiger partial charge in [-0.15, -0.1) is 0 Å². The second-order valence-electron chi connectivity index (χ2n) is 10.2. The van der Waals surface area contributed by atoms with Gasteiger partial charge in [-0.05, 0) is 73.7 Å². The largest absolute Gasteiger partial charge is 0.488 e. The smallest absolute Gasteiger partial charge is 0.423 e. The molecule has 1 aliphatic carbocycles. The van der Waals surface area contributed by atoms with Crippen molar-refractivity contribution in [1.82, 2.24) is 14.8 Å². The van der Waals surface area contributed by atoms with Gasteiger partial charge in [-0.2, -0.15) is 0 Å². The molecule has 0 bridgehead atoms. The number of halogens is 2. The first-order chi connectivity index (χ1) is 19.7. The standard InChI is InChI=1S/C20H25N3O.C6H7BO2.C6H4Cl2/c1-4-23(5-2)20(24)14-9-16-15-7-6-8-17-19(15)13(11-21-17)10-18(16)22(3)12-14;8-7(9)6-4-2-1-3-5-6;7-5-2-1-3-6(8)4-5/h6-9,11,14,18,21H,4-5,10,12H2,1-3H3;1-5,8-9H;1-4H/t14-,18-;;/m1../s1. The van der Waals surface area contributed by atoms with Gasteiger partial charge in [0.1, 0.15) is 0 Å². The third kappa shape index (κ3) is 7.42. The van der Waals surface area contributed by atoms with E-state index in [2.05, 4.69) is 61.3 Å². The van der Waals surface area contributed by atoms with E-state index in [4.69, 9.17) is 33.2 Å². The van der Waals surface area contributed by atoms with Crippen LogP contribution in [0.1, 0.15) is 25.0 Å². The number of aromatic nitrogens is 1. The lowest BCUT2D eigenvalue weighted by atomic mass is 9.79. The maximum absolute atomic E-state index is 12.9. The van der Waals surface area contributed by atoms with Gasteiger partial charge in [-0.3, -0.25) is 9.69 Å². The highest BCUT2D eigenvalue weighted by molar-refractivity contribution is 6.58. The van der Waals surface area contributed by atoms with Crippen LogP contribution in [-0.2, 0) is 11.2 Å². The van der Waals surface area contributed by atoms with Crippen molar-refractivity contribution in [1.29, 1.82) is 0 Å². The molecule has 3 N–H and O–H groups in total. The van der Waals surface area contributed by atoms with Crippen LogP contribution in [0.4, 0.5) is 0 Å². The molecular formula is C32H36BCl2N3O3. The number of hydrogen-bond acceptors (Lipinski definition) is 4. The van der Waals surface area contributed by atoms with Crippen LogP contribution in [0.25, 0.3) is 16.5 Å². The molecule has 6 nitrogen and oxygen atoms in total. The van der Waals surface area contributed by atoms with E-state index >= 15 is 0 Å². The van der Waals surface area contributed by atoms with E-state index in [1.807, 2.05) is 17.0 Å². The number of carbonyl (C=O) groups excluding carboxylic acids is 1. The summed E-state index contributed by atoms with van der Waals surface area (Å²) in [6.45, 7) is 6.47. The Bertz CT molecular complexity index is 1470. The lowest BCUT2D eigenvalue weighted by Crippen LogP contribution is -2.47. The number of H-pyrrole nitrogens is 1. The van der Waals surface area contributed by atoms with E-state index in [-0.39, 0.29) is 11.8 Å². The zero-order valence-electron chi connectivity index (χ0n) is 23.6. The van der Waals surface area contributed by atoms with Gasteiger partial charge in [0.15, 0.2) is 0 Å². The average molecular weight is 592 g/mol. The predicted molar refractivity (Wildman–Crippen MR) is 171 cm³/mol. The summed E-state index contributed by atoms with van der Waals surface area (Å²) in [6, 6.07) is 22.6. The van der Waals surface area contributed by atoms with Crippen LogP contribution in [0.2, 0.25) is 10.0 Å². The van der Waals surface area contributed by atoms with Gasteiger partial charge in [0.05, 0.1) is 5.92 Å². The molecule has 6 rings (SSSR count). The molecule has 1 amide bonds. The minimum Gasteiger partial charge on any atom is -0.423 e. The molecule has 0 saturated carbocycles. The maximum atomic E-state index is 12.9. The molecular weight excluding hydrogens is 556 g/mol. The Morgan fingerprint density at radius 3 is 2.22 bits per heavy atom. The predicted octanol–water partition coefficient (Wildman–Crippen LogP) is 5.27. The molecule has 2 heterocycles. The van der Waals surface area contributed by atoms with Gasteiger partial charge in [0, 0.05) is 52.8 Å². The van der Waals surface area contributed by atoms with Crippen LogP contribution < -0.4 is 5.46 Å². The van der Waals surface area contributed by atoms with Crippen LogP contribution in [-0.4, -0.2) is 70.6 Å². The van der Waals surface area contributed by atoms with E-state index in [9.17, 15) is 4.79 Å². The Morgan fingerprint density at radius 2 is 1.66 bits per heavy atom. The van der Waals surface area contributed by atoms with E-state index in [0.717, 1.165) is 26.1 Å². The van der Waals surface area contributed by atoms with Gasteiger partial charge >= 0.3 is 7.12 Å². The van der Waals surface area contributed by atoms with Crippen LogP contribution in [0.3, 0.4) is 0 Å². The highest BCUT2D eigenvalue weighted by atomic mass is 35.5. The van der Waals surface area contributed by atoms with Crippen molar-refractivity contribution < 1.29 is 14.8 Å². The van der Waals surface area contributed by atoms with E-state index < -0.39 is 7.12 Å². The molecule has 41 heavy (non-hydrogen) atoms. The molecule has 1 aliphatic heterocycles. The first kappa shape index (κ1) is 30.9. The van der Waals surface area contributed by atoms with Crippen molar-refractivity contribution in [2.45, 2.75) is 26.3 Å². The summed E-state index contributed by atoms with van der Waals surface area (Å²) in [5.74, 6) is 0.210. The molecule has 3 aromatic carbocycles. The van der Waals surface area contributed by atoms with Crippen molar-refractivity contribution in [3.63, 3.8) is 0 Å². The fourth-order valence-corrected chi connectivity index (χ4v) is 5.90. The summed E-state index contributed by atoms with van der Waals surface area (Å²) in [7, 11) is 0.809. The zero-order chi connectivity index (χ0) is 29.5. The topological polar surface area (TPSA) is 79.8 Å². The van der Waals surface area contributed by atoms with Crippen LogP contribution in [0.15, 0.2) is 85.1 Å². The van der Waals surface area contributed by atoms with Crippen molar-refractivity contribution in [2.75, 3.05) is 26.7 Å². The quantitative estimate of drug-likeness (QED) is 0.283. The van der Waals surface area contributed by atoms with Crippen molar-refractivity contribution >= 4 is 58.2 Å². The number of nitrogens with zero attached hydrogens (tertiary/aromatic N) is 2.